The van der Waals surface area contributed by atoms with E-state index in [0.29, 0.717) is 12.1 Å². The van der Waals surface area contributed by atoms with Crippen molar-refractivity contribution in [3.05, 3.63) is 0 Å². The third-order valence-electron chi connectivity index (χ3n) is 4.13. The van der Waals surface area contributed by atoms with Gasteiger partial charge in [-0.1, -0.05) is 26.2 Å². The van der Waals surface area contributed by atoms with E-state index in [9.17, 15) is 0 Å². The average molecular weight is 238 g/mol. The van der Waals surface area contributed by atoms with Crippen LogP contribution in [0.3, 0.4) is 0 Å². The topological polar surface area (TPSA) is 53.6 Å². The van der Waals surface area contributed by atoms with Crippen molar-refractivity contribution in [1.29, 1.82) is 0 Å². The maximum atomic E-state index is 5.66. The van der Waals surface area contributed by atoms with Gasteiger partial charge >= 0.3 is 0 Å². The molecule has 1 aliphatic heterocycles. The number of nitrogens with zero attached hydrogens (tertiary/aromatic N) is 2. The fraction of sp³-hybridized carbons (Fsp3) is 0.923. The van der Waals surface area contributed by atoms with Gasteiger partial charge in [0.1, 0.15) is 0 Å². The molecule has 2 aliphatic rings. The highest BCUT2D eigenvalue weighted by Gasteiger charge is 2.26. The van der Waals surface area contributed by atoms with Crippen LogP contribution >= 0.6 is 0 Å². The van der Waals surface area contributed by atoms with Crippen molar-refractivity contribution < 1.29 is 0 Å². The molecule has 4 nitrogen and oxygen atoms in total. The second kappa shape index (κ2) is 6.24. The van der Waals surface area contributed by atoms with Crippen LogP contribution in [-0.2, 0) is 0 Å². The van der Waals surface area contributed by atoms with Crippen LogP contribution in [0.15, 0.2) is 4.99 Å². The first-order valence-electron chi connectivity index (χ1n) is 7.16. The Morgan fingerprint density at radius 3 is 2.65 bits per heavy atom. The SMILES string of the molecule is CCC1CCCN1C(=NC1CCCCC1)NN. The van der Waals surface area contributed by atoms with Crippen LogP contribution < -0.4 is 11.3 Å². The zero-order valence-corrected chi connectivity index (χ0v) is 11.0. The van der Waals surface area contributed by atoms with E-state index in [2.05, 4.69) is 17.2 Å². The summed E-state index contributed by atoms with van der Waals surface area (Å²) in [5.41, 5.74) is 2.83. The maximum absolute atomic E-state index is 5.66. The molecule has 1 aliphatic carbocycles. The molecule has 1 unspecified atom stereocenters. The Morgan fingerprint density at radius 1 is 1.24 bits per heavy atom. The lowest BCUT2D eigenvalue weighted by Crippen LogP contribution is -2.47. The van der Waals surface area contributed by atoms with E-state index in [1.807, 2.05) is 0 Å². The normalized spacial score (nSPS) is 27.5. The Balaban J connectivity index is 2.00. The Labute approximate surface area is 105 Å². The van der Waals surface area contributed by atoms with Crippen LogP contribution in [0.25, 0.3) is 0 Å². The second-order valence-corrected chi connectivity index (χ2v) is 5.29. The molecule has 1 saturated heterocycles. The number of hydrogen-bond acceptors (Lipinski definition) is 2. The zero-order valence-electron chi connectivity index (χ0n) is 11.0. The van der Waals surface area contributed by atoms with E-state index in [1.54, 1.807) is 0 Å². The van der Waals surface area contributed by atoms with Crippen molar-refractivity contribution in [2.45, 2.75) is 70.4 Å². The van der Waals surface area contributed by atoms with Gasteiger partial charge in [-0.3, -0.25) is 5.43 Å². The van der Waals surface area contributed by atoms with Crippen LogP contribution in [0.5, 0.6) is 0 Å². The third-order valence-corrected chi connectivity index (χ3v) is 4.13. The van der Waals surface area contributed by atoms with Gasteiger partial charge in [0.15, 0.2) is 0 Å². The molecule has 0 aromatic heterocycles. The molecule has 2 fully saturated rings. The summed E-state index contributed by atoms with van der Waals surface area (Å²) in [4.78, 5) is 7.21. The Bertz CT molecular complexity index is 258. The molecule has 4 heteroatoms. The molecular formula is C13H26N4. The standard InChI is InChI=1S/C13H26N4/c1-2-12-9-6-10-17(12)13(16-14)15-11-7-4-3-5-8-11/h11-12H,2-10,14H2,1H3,(H,15,16). The fourth-order valence-corrected chi connectivity index (χ4v) is 3.12. The molecule has 0 radical (unpaired) electrons. The Hall–Kier alpha value is -0.770. The molecule has 0 aromatic carbocycles. The highest BCUT2D eigenvalue weighted by molar-refractivity contribution is 5.80. The van der Waals surface area contributed by atoms with Crippen molar-refractivity contribution in [1.82, 2.24) is 10.3 Å². The quantitative estimate of drug-likeness (QED) is 0.335. The number of guanidine groups is 1. The smallest absolute Gasteiger partial charge is 0.208 e. The molecule has 1 atom stereocenters. The summed E-state index contributed by atoms with van der Waals surface area (Å²) in [6, 6.07) is 1.13. The fourth-order valence-electron chi connectivity index (χ4n) is 3.12. The van der Waals surface area contributed by atoms with E-state index < -0.39 is 0 Å². The highest BCUT2D eigenvalue weighted by atomic mass is 15.4. The number of hydrazine groups is 1. The van der Waals surface area contributed by atoms with E-state index >= 15 is 0 Å². The summed E-state index contributed by atoms with van der Waals surface area (Å²) in [6.07, 6.45) is 10.2. The Morgan fingerprint density at radius 2 is 2.00 bits per heavy atom. The van der Waals surface area contributed by atoms with Crippen LogP contribution in [-0.4, -0.2) is 29.5 Å². The van der Waals surface area contributed by atoms with Crippen LogP contribution in [0.2, 0.25) is 0 Å². The van der Waals surface area contributed by atoms with Gasteiger partial charge in [-0.05, 0) is 32.1 Å². The average Bonchev–Trinajstić information content (AvgIpc) is 2.85. The van der Waals surface area contributed by atoms with Gasteiger partial charge in [-0.2, -0.15) is 0 Å². The van der Waals surface area contributed by atoms with Crippen LogP contribution in [0.1, 0.15) is 58.3 Å². The summed E-state index contributed by atoms with van der Waals surface area (Å²) in [6.45, 7) is 3.35. The van der Waals surface area contributed by atoms with Crippen molar-refractivity contribution in [3.63, 3.8) is 0 Å². The van der Waals surface area contributed by atoms with E-state index in [1.165, 1.54) is 51.4 Å². The minimum atomic E-state index is 0.493. The predicted molar refractivity (Wildman–Crippen MR) is 71.7 cm³/mol. The molecule has 2 rings (SSSR count). The van der Waals surface area contributed by atoms with Gasteiger partial charge in [0.05, 0.1) is 6.04 Å². The molecule has 1 heterocycles. The number of nitrogens with two attached hydrogens (primary N) is 1. The lowest BCUT2D eigenvalue weighted by molar-refractivity contribution is 0.358. The monoisotopic (exact) mass is 238 g/mol. The first-order chi connectivity index (χ1) is 8.35. The van der Waals surface area contributed by atoms with Gasteiger partial charge in [-0.15, -0.1) is 0 Å². The molecule has 0 spiro atoms. The van der Waals surface area contributed by atoms with Crippen molar-refractivity contribution in [3.8, 4) is 0 Å². The molecular weight excluding hydrogens is 212 g/mol. The molecule has 98 valence electrons. The lowest BCUT2D eigenvalue weighted by atomic mass is 9.96. The van der Waals surface area contributed by atoms with Gasteiger partial charge in [-0.25, -0.2) is 10.8 Å². The molecule has 3 N–H and O–H groups in total. The van der Waals surface area contributed by atoms with Gasteiger partial charge in [0.2, 0.25) is 5.96 Å². The molecule has 0 bridgehead atoms. The maximum Gasteiger partial charge on any atom is 0.208 e. The van der Waals surface area contributed by atoms with Gasteiger partial charge < -0.3 is 4.90 Å². The number of nitrogens with one attached hydrogen (secondary N) is 1. The number of hydrogen-bond donors (Lipinski definition) is 2. The van der Waals surface area contributed by atoms with Crippen LogP contribution in [0.4, 0.5) is 0 Å². The number of rotatable bonds is 2. The first-order valence-corrected chi connectivity index (χ1v) is 7.16. The van der Waals surface area contributed by atoms with Gasteiger partial charge in [0.25, 0.3) is 0 Å². The number of aliphatic imine (C=N–C) groups is 1. The summed E-state index contributed by atoms with van der Waals surface area (Å²) < 4.78 is 0. The first kappa shape index (κ1) is 12.7. The van der Waals surface area contributed by atoms with Crippen molar-refractivity contribution in [2.75, 3.05) is 6.54 Å². The van der Waals surface area contributed by atoms with Crippen molar-refractivity contribution in [2.24, 2.45) is 10.8 Å². The van der Waals surface area contributed by atoms with E-state index in [0.717, 1.165) is 12.5 Å². The predicted octanol–water partition coefficient (Wildman–Crippen LogP) is 2.01. The third kappa shape index (κ3) is 3.12. The largest absolute Gasteiger partial charge is 0.339 e. The summed E-state index contributed by atoms with van der Waals surface area (Å²) in [5.74, 6) is 6.60. The van der Waals surface area contributed by atoms with Crippen LogP contribution in [0, 0.1) is 0 Å². The molecule has 0 amide bonds. The number of likely N-dealkylation sites (tertiary alicyclic amines) is 1. The molecule has 1 saturated carbocycles. The molecule has 17 heavy (non-hydrogen) atoms. The summed E-state index contributed by atoms with van der Waals surface area (Å²) in [5, 5.41) is 0. The molecule has 0 aromatic rings. The van der Waals surface area contributed by atoms with E-state index in [4.69, 9.17) is 10.8 Å². The Kier molecular flexibility index (Phi) is 4.66. The van der Waals surface area contributed by atoms with Crippen molar-refractivity contribution >= 4 is 5.96 Å². The summed E-state index contributed by atoms with van der Waals surface area (Å²) in [7, 11) is 0. The van der Waals surface area contributed by atoms with E-state index in [-0.39, 0.29) is 0 Å². The minimum absolute atomic E-state index is 0.493. The second-order valence-electron chi connectivity index (χ2n) is 5.29. The lowest BCUT2D eigenvalue weighted by Gasteiger charge is -2.28. The van der Waals surface area contributed by atoms with Gasteiger partial charge in [0, 0.05) is 12.6 Å². The zero-order chi connectivity index (χ0) is 12.1. The minimum Gasteiger partial charge on any atom is -0.339 e. The highest BCUT2D eigenvalue weighted by Crippen LogP contribution is 2.23. The summed E-state index contributed by atoms with van der Waals surface area (Å²) >= 11 is 0.